The molecule has 0 rings (SSSR count). The van der Waals surface area contributed by atoms with E-state index >= 15 is 0 Å². The van der Waals surface area contributed by atoms with Gasteiger partial charge in [-0.15, -0.1) is 6.58 Å². The second-order valence-corrected chi connectivity index (χ2v) is 4.72. The highest BCUT2D eigenvalue weighted by atomic mass is 14.1. The van der Waals surface area contributed by atoms with Gasteiger partial charge in [0.2, 0.25) is 0 Å². The lowest BCUT2D eigenvalue weighted by molar-refractivity contribution is 0.389. The van der Waals surface area contributed by atoms with Crippen LogP contribution in [0, 0.1) is 5.92 Å². The summed E-state index contributed by atoms with van der Waals surface area (Å²) in [5.74, 6) is 0.973. The first kappa shape index (κ1) is 14.7. The summed E-state index contributed by atoms with van der Waals surface area (Å²) < 4.78 is 0. The Morgan fingerprint density at radius 1 is 0.867 bits per heavy atom. The lowest BCUT2D eigenvalue weighted by Gasteiger charge is -2.15. The summed E-state index contributed by atoms with van der Waals surface area (Å²) in [4.78, 5) is 0. The Morgan fingerprint density at radius 3 is 1.80 bits per heavy atom. The number of hydrogen-bond acceptors (Lipinski definition) is 0. The third kappa shape index (κ3) is 10.0. The third-order valence-corrected chi connectivity index (χ3v) is 3.21. The van der Waals surface area contributed by atoms with Crippen molar-refractivity contribution in [3.63, 3.8) is 0 Å². The monoisotopic (exact) mass is 210 g/mol. The summed E-state index contributed by atoms with van der Waals surface area (Å²) in [6, 6.07) is 0. The van der Waals surface area contributed by atoms with E-state index in [2.05, 4.69) is 26.5 Å². The van der Waals surface area contributed by atoms with Gasteiger partial charge in [0.05, 0.1) is 0 Å². The molecule has 0 fully saturated rings. The smallest absolute Gasteiger partial charge is 0.0351 e. The molecule has 0 unspecified atom stereocenters. The molecule has 0 aliphatic heterocycles. The first-order valence-electron chi connectivity index (χ1n) is 6.96. The molecule has 0 N–H and O–H groups in total. The fraction of sp³-hybridized carbons (Fsp3) is 0.867. The van der Waals surface area contributed by atoms with E-state index < -0.39 is 0 Å². The molecule has 90 valence electrons. The van der Waals surface area contributed by atoms with Gasteiger partial charge in [-0.05, 0) is 18.8 Å². The molecular formula is C15H30. The minimum Gasteiger partial charge on any atom is -0.103 e. The predicted octanol–water partition coefficient (Wildman–Crippen LogP) is 5.73. The van der Waals surface area contributed by atoms with Gasteiger partial charge in [0.1, 0.15) is 0 Å². The number of rotatable bonds is 11. The van der Waals surface area contributed by atoms with Crippen molar-refractivity contribution in [3.05, 3.63) is 12.7 Å². The summed E-state index contributed by atoms with van der Waals surface area (Å²) in [5, 5.41) is 0. The zero-order valence-corrected chi connectivity index (χ0v) is 10.9. The molecule has 0 radical (unpaired) electrons. The second-order valence-electron chi connectivity index (χ2n) is 4.72. The standard InChI is InChI=1S/C15H30/c1-4-7-10-13-15(12-9-6-3)14-11-8-5-2/h6,15H,3-5,7-14H2,1-2H3. The van der Waals surface area contributed by atoms with Crippen LogP contribution in [0.2, 0.25) is 0 Å². The highest BCUT2D eigenvalue weighted by molar-refractivity contribution is 4.70. The molecule has 0 spiro atoms. The van der Waals surface area contributed by atoms with E-state index in [4.69, 9.17) is 0 Å². The predicted molar refractivity (Wildman–Crippen MR) is 71.2 cm³/mol. The van der Waals surface area contributed by atoms with Crippen molar-refractivity contribution >= 4 is 0 Å². The van der Waals surface area contributed by atoms with Crippen molar-refractivity contribution in [1.82, 2.24) is 0 Å². The van der Waals surface area contributed by atoms with Gasteiger partial charge in [0.25, 0.3) is 0 Å². The number of unbranched alkanes of at least 4 members (excludes halogenated alkanes) is 4. The van der Waals surface area contributed by atoms with Crippen LogP contribution < -0.4 is 0 Å². The first-order chi connectivity index (χ1) is 7.35. The van der Waals surface area contributed by atoms with Crippen LogP contribution in [0.3, 0.4) is 0 Å². The topological polar surface area (TPSA) is 0 Å². The molecular weight excluding hydrogens is 180 g/mol. The molecule has 0 heteroatoms. The van der Waals surface area contributed by atoms with Crippen LogP contribution in [0.4, 0.5) is 0 Å². The summed E-state index contributed by atoms with van der Waals surface area (Å²) in [6.07, 6.45) is 16.0. The van der Waals surface area contributed by atoms with Crippen LogP contribution in [0.15, 0.2) is 12.7 Å². The van der Waals surface area contributed by atoms with Gasteiger partial charge in [-0.2, -0.15) is 0 Å². The van der Waals surface area contributed by atoms with Crippen LogP contribution in [-0.4, -0.2) is 0 Å². The average molecular weight is 210 g/mol. The SMILES string of the molecule is C=CCCC(CCCCC)CCCCC. The Hall–Kier alpha value is -0.260. The Kier molecular flexibility index (Phi) is 11.6. The average Bonchev–Trinajstić information content (AvgIpc) is 2.25. The van der Waals surface area contributed by atoms with E-state index in [0.29, 0.717) is 0 Å². The van der Waals surface area contributed by atoms with E-state index in [1.165, 1.54) is 64.2 Å². The highest BCUT2D eigenvalue weighted by Crippen LogP contribution is 2.22. The molecule has 0 bridgehead atoms. The van der Waals surface area contributed by atoms with Gasteiger partial charge >= 0.3 is 0 Å². The van der Waals surface area contributed by atoms with Crippen molar-refractivity contribution in [2.45, 2.75) is 78.1 Å². The van der Waals surface area contributed by atoms with Crippen LogP contribution >= 0.6 is 0 Å². The maximum atomic E-state index is 3.83. The largest absolute Gasteiger partial charge is 0.103 e. The molecule has 0 aromatic carbocycles. The fourth-order valence-electron chi connectivity index (χ4n) is 2.15. The molecule has 0 heterocycles. The lowest BCUT2D eigenvalue weighted by atomic mass is 9.91. The van der Waals surface area contributed by atoms with Crippen molar-refractivity contribution in [2.75, 3.05) is 0 Å². The van der Waals surface area contributed by atoms with E-state index in [1.807, 2.05) is 0 Å². The Balaban J connectivity index is 3.57. The van der Waals surface area contributed by atoms with Crippen LogP contribution in [0.5, 0.6) is 0 Å². The van der Waals surface area contributed by atoms with Gasteiger partial charge < -0.3 is 0 Å². The van der Waals surface area contributed by atoms with E-state index in [-0.39, 0.29) is 0 Å². The molecule has 0 aliphatic carbocycles. The zero-order valence-electron chi connectivity index (χ0n) is 10.9. The summed E-state index contributed by atoms with van der Waals surface area (Å²) in [7, 11) is 0. The van der Waals surface area contributed by atoms with Gasteiger partial charge in [-0.25, -0.2) is 0 Å². The van der Waals surface area contributed by atoms with Gasteiger partial charge in [0, 0.05) is 0 Å². The fourth-order valence-corrected chi connectivity index (χ4v) is 2.15. The maximum absolute atomic E-state index is 3.83. The van der Waals surface area contributed by atoms with Crippen molar-refractivity contribution < 1.29 is 0 Å². The quantitative estimate of drug-likeness (QED) is 0.302. The van der Waals surface area contributed by atoms with E-state index in [0.717, 1.165) is 5.92 Å². The van der Waals surface area contributed by atoms with E-state index in [1.54, 1.807) is 0 Å². The Labute approximate surface area is 97.2 Å². The van der Waals surface area contributed by atoms with Gasteiger partial charge in [-0.3, -0.25) is 0 Å². The normalized spacial score (nSPS) is 10.9. The molecule has 0 aromatic rings. The molecule has 0 saturated carbocycles. The molecule has 0 amide bonds. The van der Waals surface area contributed by atoms with E-state index in [9.17, 15) is 0 Å². The van der Waals surface area contributed by atoms with Crippen LogP contribution in [0.1, 0.15) is 78.1 Å². The molecule has 0 atom stereocenters. The van der Waals surface area contributed by atoms with Crippen LogP contribution in [-0.2, 0) is 0 Å². The number of allylic oxidation sites excluding steroid dienone is 1. The highest BCUT2D eigenvalue weighted by Gasteiger charge is 2.06. The number of hydrogen-bond donors (Lipinski definition) is 0. The minimum atomic E-state index is 0.973. The molecule has 0 saturated heterocycles. The first-order valence-corrected chi connectivity index (χ1v) is 6.96. The van der Waals surface area contributed by atoms with Crippen molar-refractivity contribution in [3.8, 4) is 0 Å². The molecule has 15 heavy (non-hydrogen) atoms. The van der Waals surface area contributed by atoms with Crippen LogP contribution in [0.25, 0.3) is 0 Å². The second kappa shape index (κ2) is 11.8. The Morgan fingerprint density at radius 2 is 1.40 bits per heavy atom. The molecule has 0 aromatic heterocycles. The maximum Gasteiger partial charge on any atom is -0.0351 e. The molecule has 0 aliphatic rings. The van der Waals surface area contributed by atoms with Gasteiger partial charge in [-0.1, -0.05) is 71.3 Å². The summed E-state index contributed by atoms with van der Waals surface area (Å²) in [5.41, 5.74) is 0. The van der Waals surface area contributed by atoms with Crippen molar-refractivity contribution in [1.29, 1.82) is 0 Å². The third-order valence-electron chi connectivity index (χ3n) is 3.21. The van der Waals surface area contributed by atoms with Gasteiger partial charge in [0.15, 0.2) is 0 Å². The zero-order chi connectivity index (χ0) is 11.4. The minimum absolute atomic E-state index is 0.973. The summed E-state index contributed by atoms with van der Waals surface area (Å²) in [6.45, 7) is 8.40. The summed E-state index contributed by atoms with van der Waals surface area (Å²) >= 11 is 0. The lowest BCUT2D eigenvalue weighted by Crippen LogP contribution is -2.00. The molecule has 0 nitrogen and oxygen atoms in total. The Bertz CT molecular complexity index is 116. The van der Waals surface area contributed by atoms with Crippen molar-refractivity contribution in [2.24, 2.45) is 5.92 Å².